The number of hydrogen-bond donors (Lipinski definition) is 3. The third-order valence-electron chi connectivity index (χ3n) is 3.46. The number of nitrogens with one attached hydrogen (secondary N) is 2. The van der Waals surface area contributed by atoms with Crippen molar-refractivity contribution >= 4 is 33.2 Å². The first kappa shape index (κ1) is 16.3. The number of nitrogens with zero attached hydrogens (tertiary/aromatic N) is 2. The van der Waals surface area contributed by atoms with E-state index in [0.717, 1.165) is 18.2 Å². The molecule has 0 bridgehead atoms. The van der Waals surface area contributed by atoms with E-state index in [1.165, 1.54) is 6.33 Å². The number of halogens is 3. The van der Waals surface area contributed by atoms with E-state index in [1.807, 2.05) is 0 Å². The van der Waals surface area contributed by atoms with Crippen LogP contribution in [0.25, 0.3) is 11.2 Å². The van der Waals surface area contributed by atoms with Crippen molar-refractivity contribution in [3.63, 3.8) is 0 Å². The number of benzene rings is 1. The lowest BCUT2D eigenvalue weighted by molar-refractivity contribution is 0.194. The van der Waals surface area contributed by atoms with E-state index in [2.05, 4.69) is 36.2 Å². The molecular weight excluding hydrogens is 386 g/mol. The Morgan fingerprint density at radius 1 is 1.29 bits per heavy atom. The summed E-state index contributed by atoms with van der Waals surface area (Å²) < 4.78 is 27.7. The second-order valence-corrected chi connectivity index (χ2v) is 5.92. The van der Waals surface area contributed by atoms with Crippen LogP contribution in [0.4, 0.5) is 13.6 Å². The molecule has 2 aromatic heterocycles. The molecule has 0 radical (unpaired) electrons. The van der Waals surface area contributed by atoms with E-state index in [0.29, 0.717) is 21.3 Å². The Hall–Kier alpha value is -2.55. The predicted octanol–water partition coefficient (Wildman–Crippen LogP) is 3.40. The zero-order valence-electron chi connectivity index (χ0n) is 12.1. The van der Waals surface area contributed by atoms with Gasteiger partial charge in [-0.2, -0.15) is 0 Å². The van der Waals surface area contributed by atoms with Crippen molar-refractivity contribution in [3.05, 3.63) is 58.0 Å². The molecule has 1 aromatic carbocycles. The predicted molar refractivity (Wildman–Crippen MR) is 85.8 cm³/mol. The lowest BCUT2D eigenvalue weighted by Crippen LogP contribution is -2.28. The van der Waals surface area contributed by atoms with Gasteiger partial charge in [0, 0.05) is 23.0 Å². The fraction of sp³-hybridized carbons (Fsp3) is 0.133. The van der Waals surface area contributed by atoms with Gasteiger partial charge in [0.05, 0.1) is 17.5 Å². The Balaban J connectivity index is 2.11. The first-order valence-corrected chi connectivity index (χ1v) is 7.65. The van der Waals surface area contributed by atoms with E-state index in [9.17, 15) is 13.6 Å². The highest BCUT2D eigenvalue weighted by Crippen LogP contribution is 2.31. The van der Waals surface area contributed by atoms with Gasteiger partial charge < -0.3 is 15.4 Å². The molecule has 0 saturated heterocycles. The van der Waals surface area contributed by atoms with Gasteiger partial charge in [-0.3, -0.25) is 0 Å². The van der Waals surface area contributed by atoms with Crippen LogP contribution in [-0.4, -0.2) is 32.7 Å². The number of carboxylic acid groups (broad SMARTS) is 1. The van der Waals surface area contributed by atoms with Crippen LogP contribution in [0.5, 0.6) is 0 Å². The van der Waals surface area contributed by atoms with Gasteiger partial charge in [0.25, 0.3) is 0 Å². The van der Waals surface area contributed by atoms with Crippen molar-refractivity contribution in [3.8, 4) is 0 Å². The van der Waals surface area contributed by atoms with Crippen LogP contribution in [0.15, 0.2) is 35.1 Å². The van der Waals surface area contributed by atoms with E-state index in [1.54, 1.807) is 6.07 Å². The molecule has 0 aliphatic rings. The highest BCUT2D eigenvalue weighted by molar-refractivity contribution is 9.10. The Kier molecular flexibility index (Phi) is 4.43. The molecule has 0 fully saturated rings. The van der Waals surface area contributed by atoms with Crippen molar-refractivity contribution in [2.75, 3.05) is 6.54 Å². The van der Waals surface area contributed by atoms with Crippen molar-refractivity contribution in [2.24, 2.45) is 0 Å². The minimum atomic E-state index is -1.24. The molecule has 1 amide bonds. The molecule has 0 aliphatic carbocycles. The molecule has 0 spiro atoms. The molecule has 124 valence electrons. The second-order valence-electron chi connectivity index (χ2n) is 5.07. The first-order chi connectivity index (χ1) is 11.4. The van der Waals surface area contributed by atoms with Gasteiger partial charge in [-0.05, 0) is 39.7 Å². The Bertz CT molecular complexity index is 895. The fourth-order valence-corrected chi connectivity index (χ4v) is 3.04. The first-order valence-electron chi connectivity index (χ1n) is 6.86. The smallest absolute Gasteiger partial charge is 0.404 e. The zero-order valence-corrected chi connectivity index (χ0v) is 13.6. The van der Waals surface area contributed by atoms with Crippen LogP contribution in [0.3, 0.4) is 0 Å². The number of aromatic amines is 1. The van der Waals surface area contributed by atoms with Gasteiger partial charge in [-0.25, -0.2) is 23.5 Å². The van der Waals surface area contributed by atoms with Gasteiger partial charge in [0.2, 0.25) is 0 Å². The Morgan fingerprint density at radius 3 is 2.67 bits per heavy atom. The number of rotatable bonds is 4. The van der Waals surface area contributed by atoms with Crippen LogP contribution in [0.2, 0.25) is 0 Å². The lowest BCUT2D eigenvalue weighted by atomic mass is 9.94. The third kappa shape index (κ3) is 3.35. The molecule has 2 heterocycles. The minimum Gasteiger partial charge on any atom is -0.465 e. The summed E-state index contributed by atoms with van der Waals surface area (Å²) in [4.78, 5) is 22.2. The summed E-state index contributed by atoms with van der Waals surface area (Å²) in [6.07, 6.45) is 0.231. The SMILES string of the molecule is O=C(O)NC[C@@H](c1cc(F)cc(F)c1)c1nc2nc[nH]c2cc1Br. The van der Waals surface area contributed by atoms with Gasteiger partial charge in [0.15, 0.2) is 5.65 Å². The molecule has 9 heteroatoms. The van der Waals surface area contributed by atoms with E-state index in [4.69, 9.17) is 5.11 Å². The maximum Gasteiger partial charge on any atom is 0.404 e. The number of pyridine rings is 1. The summed E-state index contributed by atoms with van der Waals surface area (Å²) in [5.74, 6) is -2.19. The molecule has 3 aromatic rings. The average Bonchev–Trinajstić information content (AvgIpc) is 2.93. The minimum absolute atomic E-state index is 0.0975. The molecule has 6 nitrogen and oxygen atoms in total. The monoisotopic (exact) mass is 396 g/mol. The number of H-pyrrole nitrogens is 1. The summed E-state index contributed by atoms with van der Waals surface area (Å²) in [5, 5.41) is 11.1. The highest BCUT2D eigenvalue weighted by atomic mass is 79.9. The zero-order chi connectivity index (χ0) is 17.3. The Labute approximate surface area is 143 Å². The summed E-state index contributed by atoms with van der Waals surface area (Å²) in [6, 6.07) is 4.79. The average molecular weight is 397 g/mol. The maximum atomic E-state index is 13.6. The van der Waals surface area contributed by atoms with Gasteiger partial charge in [-0.1, -0.05) is 0 Å². The molecule has 1 atom stereocenters. The van der Waals surface area contributed by atoms with Crippen molar-refractivity contribution < 1.29 is 18.7 Å². The number of carbonyl (C=O) groups is 1. The van der Waals surface area contributed by atoms with Crippen molar-refractivity contribution in [2.45, 2.75) is 5.92 Å². The standard InChI is InChI=1S/C15H11BrF2N4O2/c16-11-4-12-14(21-6-20-12)22-13(11)10(5-19-15(23)24)7-1-8(17)3-9(18)2-7/h1-4,6,10,19H,5H2,(H,23,24)(H,20,21,22)/t10-/m0/s1. The second kappa shape index (κ2) is 6.52. The number of amides is 1. The molecule has 0 aliphatic heterocycles. The number of imidazole rings is 1. The summed E-state index contributed by atoms with van der Waals surface area (Å²) in [7, 11) is 0. The number of aromatic nitrogens is 3. The normalized spacial score (nSPS) is 12.3. The molecule has 0 unspecified atom stereocenters. The summed E-state index contributed by atoms with van der Waals surface area (Å²) in [5.41, 5.74) is 1.80. The largest absolute Gasteiger partial charge is 0.465 e. The van der Waals surface area contributed by atoms with E-state index in [-0.39, 0.29) is 12.1 Å². The number of fused-ring (bicyclic) bond motifs is 1. The highest BCUT2D eigenvalue weighted by Gasteiger charge is 2.22. The topological polar surface area (TPSA) is 90.9 Å². The molecular formula is C15H11BrF2N4O2. The molecule has 24 heavy (non-hydrogen) atoms. The fourth-order valence-electron chi connectivity index (χ4n) is 2.44. The lowest BCUT2D eigenvalue weighted by Gasteiger charge is -2.18. The van der Waals surface area contributed by atoms with Gasteiger partial charge in [0.1, 0.15) is 11.6 Å². The Morgan fingerprint density at radius 2 is 2.00 bits per heavy atom. The van der Waals surface area contributed by atoms with Crippen LogP contribution in [-0.2, 0) is 0 Å². The van der Waals surface area contributed by atoms with Crippen molar-refractivity contribution in [1.82, 2.24) is 20.3 Å². The summed E-state index contributed by atoms with van der Waals surface area (Å²) in [6.45, 7) is -0.0975. The van der Waals surface area contributed by atoms with Gasteiger partial charge >= 0.3 is 6.09 Å². The van der Waals surface area contributed by atoms with Crippen LogP contribution in [0.1, 0.15) is 17.2 Å². The number of hydrogen-bond acceptors (Lipinski definition) is 3. The van der Waals surface area contributed by atoms with Crippen LogP contribution in [0, 0.1) is 11.6 Å². The van der Waals surface area contributed by atoms with Gasteiger partial charge in [-0.15, -0.1) is 0 Å². The van der Waals surface area contributed by atoms with Crippen LogP contribution < -0.4 is 5.32 Å². The third-order valence-corrected chi connectivity index (χ3v) is 4.10. The summed E-state index contributed by atoms with van der Waals surface area (Å²) >= 11 is 3.37. The molecule has 3 N–H and O–H groups in total. The van der Waals surface area contributed by atoms with E-state index < -0.39 is 23.6 Å². The van der Waals surface area contributed by atoms with Crippen molar-refractivity contribution in [1.29, 1.82) is 0 Å². The van der Waals surface area contributed by atoms with Crippen LogP contribution >= 0.6 is 15.9 Å². The maximum absolute atomic E-state index is 13.6. The quantitative estimate of drug-likeness (QED) is 0.630. The molecule has 3 rings (SSSR count). The molecule has 0 saturated carbocycles. The van der Waals surface area contributed by atoms with E-state index >= 15 is 0 Å².